The fourth-order valence-electron chi connectivity index (χ4n) is 4.11. The van der Waals surface area contributed by atoms with E-state index in [0.29, 0.717) is 11.8 Å². The van der Waals surface area contributed by atoms with Gasteiger partial charge < -0.3 is 10.6 Å². The molecule has 3 nitrogen and oxygen atoms in total. The standard InChI is InChI=1S/C17H32N2O.ClH/c1-14(2)11-17(8-3-4-9-17)13-19-16(20)6-5-15-7-10-18-12-15;/h14-15,18H,3-13H2,1-2H3,(H,19,20);1H. The van der Waals surface area contributed by atoms with Crippen LogP contribution in [0.3, 0.4) is 0 Å². The molecule has 1 saturated heterocycles. The van der Waals surface area contributed by atoms with E-state index in [2.05, 4.69) is 24.5 Å². The van der Waals surface area contributed by atoms with Gasteiger partial charge in [-0.25, -0.2) is 0 Å². The van der Waals surface area contributed by atoms with Crippen molar-refractivity contribution >= 4 is 18.3 Å². The molecule has 124 valence electrons. The molecule has 21 heavy (non-hydrogen) atoms. The van der Waals surface area contributed by atoms with Gasteiger partial charge in [-0.2, -0.15) is 0 Å². The zero-order chi connectivity index (χ0) is 14.4. The van der Waals surface area contributed by atoms with E-state index in [4.69, 9.17) is 0 Å². The monoisotopic (exact) mass is 316 g/mol. The van der Waals surface area contributed by atoms with E-state index in [0.717, 1.165) is 37.9 Å². The molecular formula is C17H33ClN2O. The quantitative estimate of drug-likeness (QED) is 0.754. The number of carbonyl (C=O) groups excluding carboxylic acids is 1. The molecule has 1 heterocycles. The van der Waals surface area contributed by atoms with Crippen molar-refractivity contribution in [1.29, 1.82) is 0 Å². The molecule has 2 aliphatic rings. The zero-order valence-corrected chi connectivity index (χ0v) is 14.6. The highest BCUT2D eigenvalue weighted by atomic mass is 35.5. The highest BCUT2D eigenvalue weighted by molar-refractivity contribution is 5.85. The van der Waals surface area contributed by atoms with Gasteiger partial charge in [0.2, 0.25) is 5.91 Å². The average molecular weight is 317 g/mol. The van der Waals surface area contributed by atoms with E-state index < -0.39 is 0 Å². The number of rotatable bonds is 7. The van der Waals surface area contributed by atoms with Crippen LogP contribution in [0.5, 0.6) is 0 Å². The number of hydrogen-bond donors (Lipinski definition) is 2. The van der Waals surface area contributed by atoms with Gasteiger partial charge in [0.25, 0.3) is 0 Å². The van der Waals surface area contributed by atoms with Gasteiger partial charge in [-0.3, -0.25) is 4.79 Å². The van der Waals surface area contributed by atoms with Crippen molar-refractivity contribution in [2.45, 2.75) is 65.2 Å². The van der Waals surface area contributed by atoms with E-state index in [1.165, 1.54) is 38.5 Å². The minimum atomic E-state index is 0. The maximum atomic E-state index is 12.1. The number of hydrogen-bond acceptors (Lipinski definition) is 2. The van der Waals surface area contributed by atoms with Gasteiger partial charge in [-0.15, -0.1) is 12.4 Å². The van der Waals surface area contributed by atoms with Crippen LogP contribution < -0.4 is 10.6 Å². The molecule has 1 unspecified atom stereocenters. The summed E-state index contributed by atoms with van der Waals surface area (Å²) in [5, 5.41) is 6.60. The van der Waals surface area contributed by atoms with Gasteiger partial charge in [-0.1, -0.05) is 26.7 Å². The van der Waals surface area contributed by atoms with Crippen LogP contribution in [0.1, 0.15) is 65.2 Å². The predicted molar refractivity (Wildman–Crippen MR) is 90.8 cm³/mol. The predicted octanol–water partition coefficient (Wildman–Crippen LogP) is 3.52. The molecule has 1 aliphatic heterocycles. The Labute approximate surface area is 136 Å². The molecule has 1 atom stereocenters. The minimum Gasteiger partial charge on any atom is -0.356 e. The molecule has 2 N–H and O–H groups in total. The third kappa shape index (κ3) is 6.15. The first-order chi connectivity index (χ1) is 9.60. The van der Waals surface area contributed by atoms with E-state index in [1.807, 2.05) is 0 Å². The summed E-state index contributed by atoms with van der Waals surface area (Å²) in [6.45, 7) is 7.74. The van der Waals surface area contributed by atoms with Crippen molar-refractivity contribution in [3.05, 3.63) is 0 Å². The largest absolute Gasteiger partial charge is 0.356 e. The lowest BCUT2D eigenvalue weighted by Gasteiger charge is -2.31. The highest BCUT2D eigenvalue weighted by Gasteiger charge is 2.34. The molecule has 2 fully saturated rings. The van der Waals surface area contributed by atoms with Crippen LogP contribution in [-0.2, 0) is 4.79 Å². The summed E-state index contributed by atoms with van der Waals surface area (Å²) in [7, 11) is 0. The first-order valence-corrected chi connectivity index (χ1v) is 8.57. The Kier molecular flexibility index (Phi) is 8.04. The van der Waals surface area contributed by atoms with Crippen molar-refractivity contribution in [1.82, 2.24) is 10.6 Å². The topological polar surface area (TPSA) is 41.1 Å². The minimum absolute atomic E-state index is 0. The second-order valence-electron chi connectivity index (χ2n) is 7.48. The van der Waals surface area contributed by atoms with Crippen LogP contribution in [0.15, 0.2) is 0 Å². The molecular weight excluding hydrogens is 284 g/mol. The Morgan fingerprint density at radius 1 is 1.33 bits per heavy atom. The lowest BCUT2D eigenvalue weighted by Crippen LogP contribution is -2.37. The van der Waals surface area contributed by atoms with Crippen molar-refractivity contribution in [2.75, 3.05) is 19.6 Å². The fourth-order valence-corrected chi connectivity index (χ4v) is 4.11. The molecule has 0 radical (unpaired) electrons. The maximum absolute atomic E-state index is 12.1. The summed E-state index contributed by atoms with van der Waals surface area (Å²) in [5.74, 6) is 1.72. The van der Waals surface area contributed by atoms with E-state index in [9.17, 15) is 4.79 Å². The fraction of sp³-hybridized carbons (Fsp3) is 0.941. The molecule has 1 aliphatic carbocycles. The third-order valence-electron chi connectivity index (χ3n) is 5.11. The zero-order valence-electron chi connectivity index (χ0n) is 13.7. The lowest BCUT2D eigenvalue weighted by molar-refractivity contribution is -0.122. The van der Waals surface area contributed by atoms with Gasteiger partial charge >= 0.3 is 0 Å². The SMILES string of the molecule is CC(C)CC1(CNC(=O)CCC2CCNC2)CCCC1.Cl. The van der Waals surface area contributed by atoms with Crippen LogP contribution in [0.25, 0.3) is 0 Å². The highest BCUT2D eigenvalue weighted by Crippen LogP contribution is 2.42. The Morgan fingerprint density at radius 3 is 2.62 bits per heavy atom. The van der Waals surface area contributed by atoms with Crippen molar-refractivity contribution in [2.24, 2.45) is 17.3 Å². The van der Waals surface area contributed by atoms with Crippen LogP contribution in [0, 0.1) is 17.3 Å². The second kappa shape index (κ2) is 8.99. The number of amides is 1. The Hall–Kier alpha value is -0.280. The van der Waals surface area contributed by atoms with E-state index in [1.54, 1.807) is 0 Å². The molecule has 1 amide bonds. The molecule has 4 heteroatoms. The van der Waals surface area contributed by atoms with E-state index >= 15 is 0 Å². The summed E-state index contributed by atoms with van der Waals surface area (Å²) in [6, 6.07) is 0. The molecule has 0 bridgehead atoms. The number of nitrogens with one attached hydrogen (secondary N) is 2. The first-order valence-electron chi connectivity index (χ1n) is 8.57. The summed E-state index contributed by atoms with van der Waals surface area (Å²) < 4.78 is 0. The van der Waals surface area contributed by atoms with Gasteiger partial charge in [0, 0.05) is 13.0 Å². The number of carbonyl (C=O) groups is 1. The molecule has 0 aromatic carbocycles. The molecule has 0 aromatic rings. The summed E-state index contributed by atoms with van der Waals surface area (Å²) in [6.07, 6.45) is 9.56. The Balaban J connectivity index is 0.00000220. The van der Waals surface area contributed by atoms with Gasteiger partial charge in [0.05, 0.1) is 0 Å². The second-order valence-corrected chi connectivity index (χ2v) is 7.48. The van der Waals surface area contributed by atoms with Gasteiger partial charge in [0.15, 0.2) is 0 Å². The van der Waals surface area contributed by atoms with Crippen molar-refractivity contribution < 1.29 is 4.79 Å². The summed E-state index contributed by atoms with van der Waals surface area (Å²) in [5.41, 5.74) is 0.402. The van der Waals surface area contributed by atoms with Gasteiger partial charge in [-0.05, 0) is 62.4 Å². The molecule has 1 saturated carbocycles. The molecule has 0 aromatic heterocycles. The normalized spacial score (nSPS) is 24.0. The van der Waals surface area contributed by atoms with Crippen LogP contribution in [-0.4, -0.2) is 25.5 Å². The van der Waals surface area contributed by atoms with Crippen molar-refractivity contribution in [3.8, 4) is 0 Å². The smallest absolute Gasteiger partial charge is 0.220 e. The summed E-state index contributed by atoms with van der Waals surface area (Å²) in [4.78, 5) is 12.1. The Morgan fingerprint density at radius 2 is 2.05 bits per heavy atom. The number of halogens is 1. The van der Waals surface area contributed by atoms with Crippen molar-refractivity contribution in [3.63, 3.8) is 0 Å². The summed E-state index contributed by atoms with van der Waals surface area (Å²) >= 11 is 0. The van der Waals surface area contributed by atoms with Crippen LogP contribution in [0.4, 0.5) is 0 Å². The average Bonchev–Trinajstić information content (AvgIpc) is 3.05. The van der Waals surface area contributed by atoms with E-state index in [-0.39, 0.29) is 18.3 Å². The van der Waals surface area contributed by atoms with Crippen LogP contribution in [0.2, 0.25) is 0 Å². The molecule has 0 spiro atoms. The third-order valence-corrected chi connectivity index (χ3v) is 5.11. The lowest BCUT2D eigenvalue weighted by atomic mass is 9.78. The maximum Gasteiger partial charge on any atom is 0.220 e. The van der Waals surface area contributed by atoms with Gasteiger partial charge in [0.1, 0.15) is 0 Å². The first kappa shape index (κ1) is 18.8. The Bertz CT molecular complexity index is 308. The van der Waals surface area contributed by atoms with Crippen LogP contribution >= 0.6 is 12.4 Å². The molecule has 2 rings (SSSR count).